The third-order valence-corrected chi connectivity index (χ3v) is 1.44. The van der Waals surface area contributed by atoms with Crippen LogP contribution in [0, 0.1) is 0 Å². The predicted octanol–water partition coefficient (Wildman–Crippen LogP) is 1.86. The standard InChI is InChI=1S/C8H15N/c1-4-7(2)8(3)5-6-9/h4H,3,5-6,9H2,1-2H3/b7-4+. The van der Waals surface area contributed by atoms with Crippen LogP contribution in [0.2, 0.25) is 0 Å². The van der Waals surface area contributed by atoms with Gasteiger partial charge in [0, 0.05) is 0 Å². The molecule has 1 nitrogen and oxygen atoms in total. The van der Waals surface area contributed by atoms with E-state index < -0.39 is 0 Å². The van der Waals surface area contributed by atoms with Crippen LogP contribution in [-0.2, 0) is 0 Å². The van der Waals surface area contributed by atoms with Gasteiger partial charge in [-0.05, 0) is 26.8 Å². The summed E-state index contributed by atoms with van der Waals surface area (Å²) in [4.78, 5) is 0. The van der Waals surface area contributed by atoms with Crippen molar-refractivity contribution in [3.05, 3.63) is 23.8 Å². The zero-order valence-corrected chi connectivity index (χ0v) is 6.28. The molecule has 0 saturated heterocycles. The van der Waals surface area contributed by atoms with Gasteiger partial charge in [-0.3, -0.25) is 0 Å². The van der Waals surface area contributed by atoms with Crippen LogP contribution in [0.1, 0.15) is 20.3 Å². The van der Waals surface area contributed by atoms with E-state index in [1.807, 2.05) is 6.92 Å². The van der Waals surface area contributed by atoms with Gasteiger partial charge in [0.1, 0.15) is 0 Å². The van der Waals surface area contributed by atoms with Gasteiger partial charge in [0.2, 0.25) is 0 Å². The molecule has 0 fully saturated rings. The van der Waals surface area contributed by atoms with E-state index in [-0.39, 0.29) is 0 Å². The van der Waals surface area contributed by atoms with E-state index in [4.69, 9.17) is 5.73 Å². The van der Waals surface area contributed by atoms with Crippen LogP contribution in [0.5, 0.6) is 0 Å². The first kappa shape index (κ1) is 8.44. The second-order valence-corrected chi connectivity index (χ2v) is 2.11. The van der Waals surface area contributed by atoms with Crippen LogP contribution in [0.25, 0.3) is 0 Å². The number of rotatable bonds is 3. The van der Waals surface area contributed by atoms with Gasteiger partial charge in [-0.2, -0.15) is 0 Å². The summed E-state index contributed by atoms with van der Waals surface area (Å²) in [7, 11) is 0. The number of hydrogen-bond donors (Lipinski definition) is 1. The molecule has 0 saturated carbocycles. The van der Waals surface area contributed by atoms with Crippen LogP contribution in [0.15, 0.2) is 23.8 Å². The first-order valence-electron chi connectivity index (χ1n) is 3.23. The Morgan fingerprint density at radius 2 is 2.22 bits per heavy atom. The summed E-state index contributed by atoms with van der Waals surface area (Å²) in [6.07, 6.45) is 2.97. The number of allylic oxidation sites excluding steroid dienone is 2. The average Bonchev–Trinajstić information content (AvgIpc) is 1.87. The molecule has 0 amide bonds. The fraction of sp³-hybridized carbons (Fsp3) is 0.500. The van der Waals surface area contributed by atoms with Gasteiger partial charge in [-0.1, -0.05) is 23.8 Å². The zero-order valence-electron chi connectivity index (χ0n) is 6.28. The van der Waals surface area contributed by atoms with Crippen molar-refractivity contribution in [2.24, 2.45) is 5.73 Å². The molecule has 0 aliphatic heterocycles. The van der Waals surface area contributed by atoms with Crippen LogP contribution < -0.4 is 5.73 Å². The predicted molar refractivity (Wildman–Crippen MR) is 42.2 cm³/mol. The van der Waals surface area contributed by atoms with Gasteiger partial charge in [0.15, 0.2) is 0 Å². The maximum absolute atomic E-state index is 5.33. The lowest BCUT2D eigenvalue weighted by Gasteiger charge is -2.01. The van der Waals surface area contributed by atoms with Crippen molar-refractivity contribution in [2.45, 2.75) is 20.3 Å². The minimum Gasteiger partial charge on any atom is -0.330 e. The smallest absolute Gasteiger partial charge is 0.00368 e. The van der Waals surface area contributed by atoms with Gasteiger partial charge in [0.25, 0.3) is 0 Å². The lowest BCUT2D eigenvalue weighted by Crippen LogP contribution is -1.99. The summed E-state index contributed by atoms with van der Waals surface area (Å²) >= 11 is 0. The second-order valence-electron chi connectivity index (χ2n) is 2.11. The van der Waals surface area contributed by atoms with E-state index in [9.17, 15) is 0 Å². The molecular formula is C8H15N. The molecule has 0 unspecified atom stereocenters. The summed E-state index contributed by atoms with van der Waals surface area (Å²) in [5.41, 5.74) is 7.74. The normalized spacial score (nSPS) is 11.7. The van der Waals surface area contributed by atoms with Crippen molar-refractivity contribution < 1.29 is 0 Å². The molecule has 0 aromatic heterocycles. The van der Waals surface area contributed by atoms with Crippen LogP contribution in [-0.4, -0.2) is 6.54 Å². The Morgan fingerprint density at radius 3 is 2.56 bits per heavy atom. The Morgan fingerprint density at radius 1 is 1.67 bits per heavy atom. The van der Waals surface area contributed by atoms with Crippen LogP contribution >= 0.6 is 0 Å². The van der Waals surface area contributed by atoms with Gasteiger partial charge in [-0.25, -0.2) is 0 Å². The largest absolute Gasteiger partial charge is 0.330 e. The molecule has 9 heavy (non-hydrogen) atoms. The van der Waals surface area contributed by atoms with Gasteiger partial charge >= 0.3 is 0 Å². The quantitative estimate of drug-likeness (QED) is 0.572. The third kappa shape index (κ3) is 3.09. The van der Waals surface area contributed by atoms with E-state index >= 15 is 0 Å². The van der Waals surface area contributed by atoms with Crippen molar-refractivity contribution in [3.8, 4) is 0 Å². The molecule has 0 bridgehead atoms. The molecule has 0 atom stereocenters. The minimum atomic E-state index is 0.698. The summed E-state index contributed by atoms with van der Waals surface area (Å²) < 4.78 is 0. The molecule has 0 radical (unpaired) electrons. The van der Waals surface area contributed by atoms with Gasteiger partial charge in [0.05, 0.1) is 0 Å². The van der Waals surface area contributed by atoms with Gasteiger partial charge < -0.3 is 5.73 Å². The Bertz CT molecular complexity index is 123. The Hall–Kier alpha value is -0.560. The molecule has 0 spiro atoms. The average molecular weight is 125 g/mol. The third-order valence-electron chi connectivity index (χ3n) is 1.44. The summed E-state index contributed by atoms with van der Waals surface area (Å²) in [5, 5.41) is 0. The highest BCUT2D eigenvalue weighted by atomic mass is 14.5. The van der Waals surface area contributed by atoms with Gasteiger partial charge in [-0.15, -0.1) is 0 Å². The van der Waals surface area contributed by atoms with Crippen LogP contribution in [0.3, 0.4) is 0 Å². The lowest BCUT2D eigenvalue weighted by molar-refractivity contribution is 0.959. The second kappa shape index (κ2) is 4.33. The lowest BCUT2D eigenvalue weighted by atomic mass is 10.1. The van der Waals surface area contributed by atoms with Crippen molar-refractivity contribution in [3.63, 3.8) is 0 Å². The maximum atomic E-state index is 5.33. The summed E-state index contributed by atoms with van der Waals surface area (Å²) in [6.45, 7) is 8.63. The molecule has 0 aliphatic carbocycles. The molecule has 52 valence electrons. The van der Waals surface area contributed by atoms with Crippen molar-refractivity contribution in [2.75, 3.05) is 6.54 Å². The molecule has 1 heteroatoms. The molecule has 2 N–H and O–H groups in total. The molecule has 0 aromatic carbocycles. The minimum absolute atomic E-state index is 0.698. The fourth-order valence-electron chi connectivity index (χ4n) is 0.576. The zero-order chi connectivity index (χ0) is 7.28. The molecular weight excluding hydrogens is 110 g/mol. The maximum Gasteiger partial charge on any atom is -0.00368 e. The fourth-order valence-corrected chi connectivity index (χ4v) is 0.576. The Balaban J connectivity index is 3.74. The molecule has 0 aromatic rings. The molecule has 0 rings (SSSR count). The monoisotopic (exact) mass is 125 g/mol. The highest BCUT2D eigenvalue weighted by Crippen LogP contribution is 2.08. The number of nitrogens with two attached hydrogens (primary N) is 1. The molecule has 0 heterocycles. The highest BCUT2D eigenvalue weighted by Gasteiger charge is 1.91. The van der Waals surface area contributed by atoms with E-state index in [0.29, 0.717) is 6.54 Å². The topological polar surface area (TPSA) is 26.0 Å². The first-order chi connectivity index (χ1) is 4.22. The Kier molecular flexibility index (Phi) is 4.06. The summed E-state index contributed by atoms with van der Waals surface area (Å²) in [6, 6.07) is 0. The molecule has 0 aliphatic rings. The van der Waals surface area contributed by atoms with Crippen LogP contribution in [0.4, 0.5) is 0 Å². The van der Waals surface area contributed by atoms with Crippen molar-refractivity contribution in [1.82, 2.24) is 0 Å². The van der Waals surface area contributed by atoms with E-state index in [2.05, 4.69) is 19.6 Å². The van der Waals surface area contributed by atoms with E-state index in [1.165, 1.54) is 5.57 Å². The number of hydrogen-bond acceptors (Lipinski definition) is 1. The van der Waals surface area contributed by atoms with E-state index in [1.54, 1.807) is 0 Å². The van der Waals surface area contributed by atoms with Crippen molar-refractivity contribution >= 4 is 0 Å². The Labute approximate surface area is 57.3 Å². The first-order valence-corrected chi connectivity index (χ1v) is 3.23. The van der Waals surface area contributed by atoms with E-state index in [0.717, 1.165) is 12.0 Å². The van der Waals surface area contributed by atoms with Crippen molar-refractivity contribution in [1.29, 1.82) is 0 Å². The summed E-state index contributed by atoms with van der Waals surface area (Å²) in [5.74, 6) is 0. The highest BCUT2D eigenvalue weighted by molar-refractivity contribution is 5.25. The SMILES string of the molecule is C=C(CCN)/C(C)=C/C.